The van der Waals surface area contributed by atoms with Crippen LogP contribution in [0.3, 0.4) is 0 Å². The molecule has 0 bridgehead atoms. The Morgan fingerprint density at radius 1 is 1.32 bits per heavy atom. The van der Waals surface area contributed by atoms with Crippen LogP contribution in [0.15, 0.2) is 0 Å². The lowest BCUT2D eigenvalue weighted by molar-refractivity contribution is -0.142. The van der Waals surface area contributed by atoms with E-state index in [2.05, 4.69) is 5.32 Å². The van der Waals surface area contributed by atoms with E-state index < -0.39 is 11.7 Å². The van der Waals surface area contributed by atoms with Crippen LogP contribution in [0.2, 0.25) is 0 Å². The molecule has 0 aromatic carbocycles. The third-order valence-corrected chi connectivity index (χ3v) is 3.43. The number of aliphatic hydroxyl groups is 1. The summed E-state index contributed by atoms with van der Waals surface area (Å²) in [4.78, 5) is 25.4. The maximum absolute atomic E-state index is 11.9. The van der Waals surface area contributed by atoms with Crippen molar-refractivity contribution in [3.05, 3.63) is 0 Å². The molecule has 2 unspecified atom stereocenters. The van der Waals surface area contributed by atoms with Crippen LogP contribution in [0, 0.1) is 5.92 Å². The first kappa shape index (κ1) is 18.7. The van der Waals surface area contributed by atoms with Gasteiger partial charge in [-0.25, -0.2) is 4.79 Å². The van der Waals surface area contributed by atoms with Crippen molar-refractivity contribution < 1.29 is 24.2 Å². The number of likely N-dealkylation sites (tertiary alicyclic amines) is 1. The van der Waals surface area contributed by atoms with Crippen LogP contribution in [-0.4, -0.2) is 67.1 Å². The normalized spacial score (nSPS) is 23.0. The van der Waals surface area contributed by atoms with Crippen molar-refractivity contribution in [3.8, 4) is 0 Å². The van der Waals surface area contributed by atoms with Crippen LogP contribution in [0.5, 0.6) is 0 Å². The number of hydrogen-bond acceptors (Lipinski definition) is 6. The molecular formula is C15H28N2O5. The minimum absolute atomic E-state index is 0.0457. The summed E-state index contributed by atoms with van der Waals surface area (Å²) in [5.74, 6) is -0.167. The van der Waals surface area contributed by atoms with E-state index in [0.29, 0.717) is 32.5 Å². The van der Waals surface area contributed by atoms with E-state index in [4.69, 9.17) is 14.6 Å². The van der Waals surface area contributed by atoms with Crippen molar-refractivity contribution in [3.63, 3.8) is 0 Å². The number of rotatable bonds is 5. The maximum Gasteiger partial charge on any atom is 0.407 e. The molecule has 0 aromatic heterocycles. The molecule has 1 aliphatic heterocycles. The SMILES string of the molecule is COC(=O)CC1CC(NC(=O)OC(C)(C)C)CN(CCO)C1. The number of nitrogens with zero attached hydrogens (tertiary/aromatic N) is 1. The summed E-state index contributed by atoms with van der Waals surface area (Å²) in [5, 5.41) is 12.0. The van der Waals surface area contributed by atoms with Crippen LogP contribution in [-0.2, 0) is 14.3 Å². The predicted molar refractivity (Wildman–Crippen MR) is 81.4 cm³/mol. The van der Waals surface area contributed by atoms with Crippen molar-refractivity contribution in [2.45, 2.75) is 45.3 Å². The van der Waals surface area contributed by atoms with Gasteiger partial charge in [0.15, 0.2) is 0 Å². The van der Waals surface area contributed by atoms with Gasteiger partial charge in [-0.15, -0.1) is 0 Å². The fraction of sp³-hybridized carbons (Fsp3) is 0.867. The summed E-state index contributed by atoms with van der Waals surface area (Å²) in [6.07, 6.45) is 0.543. The Balaban J connectivity index is 2.59. The fourth-order valence-electron chi connectivity index (χ4n) is 2.67. The van der Waals surface area contributed by atoms with E-state index in [-0.39, 0.29) is 24.5 Å². The second-order valence-corrected chi connectivity index (χ2v) is 6.71. The van der Waals surface area contributed by atoms with Crippen molar-refractivity contribution in [2.24, 2.45) is 5.92 Å². The third kappa shape index (κ3) is 7.09. The average Bonchev–Trinajstić information content (AvgIpc) is 2.36. The van der Waals surface area contributed by atoms with Crippen LogP contribution in [0.1, 0.15) is 33.6 Å². The molecule has 7 heteroatoms. The number of β-amino-alcohol motifs (C(OH)–C–C–N with tert-alkyl or cyclic N) is 1. The van der Waals surface area contributed by atoms with Crippen molar-refractivity contribution in [2.75, 3.05) is 33.4 Å². The number of piperidine rings is 1. The van der Waals surface area contributed by atoms with Crippen LogP contribution >= 0.6 is 0 Å². The van der Waals surface area contributed by atoms with Gasteiger partial charge >= 0.3 is 12.1 Å². The number of carbonyl (C=O) groups excluding carboxylic acids is 2. The second kappa shape index (κ2) is 8.33. The predicted octanol–water partition coefficient (Wildman–Crippen LogP) is 0.757. The first-order valence-electron chi connectivity index (χ1n) is 7.63. The number of methoxy groups -OCH3 is 1. The Hall–Kier alpha value is -1.34. The van der Waals surface area contributed by atoms with Crippen LogP contribution in [0.4, 0.5) is 4.79 Å². The number of hydrogen-bond donors (Lipinski definition) is 2. The average molecular weight is 316 g/mol. The summed E-state index contributed by atoms with van der Waals surface area (Å²) in [6.45, 7) is 7.34. The monoisotopic (exact) mass is 316 g/mol. The molecule has 0 aliphatic carbocycles. The molecule has 1 amide bonds. The lowest BCUT2D eigenvalue weighted by Crippen LogP contribution is -2.52. The topological polar surface area (TPSA) is 88.1 Å². The Morgan fingerprint density at radius 2 is 2.00 bits per heavy atom. The van der Waals surface area contributed by atoms with E-state index in [1.807, 2.05) is 25.7 Å². The van der Waals surface area contributed by atoms with Gasteiger partial charge in [0, 0.05) is 32.1 Å². The lowest BCUT2D eigenvalue weighted by atomic mass is 9.91. The molecule has 128 valence electrons. The second-order valence-electron chi connectivity index (χ2n) is 6.71. The summed E-state index contributed by atoms with van der Waals surface area (Å²) in [7, 11) is 1.37. The van der Waals surface area contributed by atoms with E-state index in [9.17, 15) is 9.59 Å². The smallest absolute Gasteiger partial charge is 0.407 e. The van der Waals surface area contributed by atoms with Gasteiger partial charge in [-0.1, -0.05) is 0 Å². The summed E-state index contributed by atoms with van der Waals surface area (Å²) in [6, 6.07) is -0.107. The molecule has 0 radical (unpaired) electrons. The first-order valence-corrected chi connectivity index (χ1v) is 7.63. The molecule has 2 atom stereocenters. The maximum atomic E-state index is 11.9. The van der Waals surface area contributed by atoms with Gasteiger partial charge in [-0.05, 0) is 33.1 Å². The Kier molecular flexibility index (Phi) is 7.09. The number of alkyl carbamates (subject to hydrolysis) is 1. The van der Waals surface area contributed by atoms with Gasteiger partial charge < -0.3 is 19.9 Å². The number of nitrogens with one attached hydrogen (secondary N) is 1. The molecule has 0 aromatic rings. The summed E-state index contributed by atoms with van der Waals surface area (Å²) >= 11 is 0. The van der Waals surface area contributed by atoms with Crippen molar-refractivity contribution in [1.29, 1.82) is 0 Å². The van der Waals surface area contributed by atoms with E-state index >= 15 is 0 Å². The standard InChI is InChI=1S/C15H28N2O5/c1-15(2,3)22-14(20)16-12-7-11(8-13(19)21-4)9-17(10-12)5-6-18/h11-12,18H,5-10H2,1-4H3,(H,16,20). The quantitative estimate of drug-likeness (QED) is 0.728. The summed E-state index contributed by atoms with van der Waals surface area (Å²) < 4.78 is 9.98. The Morgan fingerprint density at radius 3 is 2.55 bits per heavy atom. The highest BCUT2D eigenvalue weighted by molar-refractivity contribution is 5.70. The van der Waals surface area contributed by atoms with E-state index in [1.54, 1.807) is 0 Å². The molecule has 1 aliphatic rings. The van der Waals surface area contributed by atoms with Crippen LogP contribution in [0.25, 0.3) is 0 Å². The summed E-state index contributed by atoms with van der Waals surface area (Å²) in [5.41, 5.74) is -0.547. The molecule has 0 saturated carbocycles. The Bertz CT molecular complexity index is 381. The van der Waals surface area contributed by atoms with Crippen molar-refractivity contribution in [1.82, 2.24) is 10.2 Å². The van der Waals surface area contributed by atoms with Crippen molar-refractivity contribution >= 4 is 12.1 Å². The molecule has 1 fully saturated rings. The molecule has 1 rings (SSSR count). The zero-order valence-electron chi connectivity index (χ0n) is 13.9. The minimum atomic E-state index is -0.547. The number of amides is 1. The number of esters is 1. The highest BCUT2D eigenvalue weighted by Gasteiger charge is 2.30. The minimum Gasteiger partial charge on any atom is -0.469 e. The molecule has 0 spiro atoms. The molecule has 1 heterocycles. The molecule has 7 nitrogen and oxygen atoms in total. The fourth-order valence-corrected chi connectivity index (χ4v) is 2.67. The highest BCUT2D eigenvalue weighted by Crippen LogP contribution is 2.21. The number of ether oxygens (including phenoxy) is 2. The van der Waals surface area contributed by atoms with E-state index in [1.165, 1.54) is 7.11 Å². The van der Waals surface area contributed by atoms with Gasteiger partial charge in [-0.2, -0.15) is 0 Å². The zero-order valence-corrected chi connectivity index (χ0v) is 13.9. The van der Waals surface area contributed by atoms with Gasteiger partial charge in [0.1, 0.15) is 5.60 Å². The first-order chi connectivity index (χ1) is 10.2. The van der Waals surface area contributed by atoms with Crippen LogP contribution < -0.4 is 5.32 Å². The van der Waals surface area contributed by atoms with Gasteiger partial charge in [-0.3, -0.25) is 9.69 Å². The molecule has 2 N–H and O–H groups in total. The van der Waals surface area contributed by atoms with E-state index in [0.717, 1.165) is 0 Å². The number of carbonyl (C=O) groups is 2. The van der Waals surface area contributed by atoms with Gasteiger partial charge in [0.2, 0.25) is 0 Å². The third-order valence-electron chi connectivity index (χ3n) is 3.43. The Labute approximate surface area is 131 Å². The lowest BCUT2D eigenvalue weighted by Gasteiger charge is -2.37. The van der Waals surface area contributed by atoms with Gasteiger partial charge in [0.25, 0.3) is 0 Å². The molecule has 1 saturated heterocycles. The van der Waals surface area contributed by atoms with Gasteiger partial charge in [0.05, 0.1) is 13.7 Å². The largest absolute Gasteiger partial charge is 0.469 e. The zero-order chi connectivity index (χ0) is 16.8. The highest BCUT2D eigenvalue weighted by atomic mass is 16.6. The molecular weight excluding hydrogens is 288 g/mol. The number of aliphatic hydroxyl groups excluding tert-OH is 1. The molecule has 22 heavy (non-hydrogen) atoms.